The van der Waals surface area contributed by atoms with Crippen LogP contribution in [0.5, 0.6) is 0 Å². The van der Waals surface area contributed by atoms with Gasteiger partial charge in [0.25, 0.3) is 0 Å². The fourth-order valence-corrected chi connectivity index (χ4v) is 2.89. The van der Waals surface area contributed by atoms with Gasteiger partial charge in [0.1, 0.15) is 0 Å². The van der Waals surface area contributed by atoms with Gasteiger partial charge in [-0.15, -0.1) is 0 Å². The lowest BCUT2D eigenvalue weighted by Gasteiger charge is -2.05. The quantitative estimate of drug-likeness (QED) is 0.267. The lowest BCUT2D eigenvalue weighted by Crippen LogP contribution is -2.16. The first-order valence-electron chi connectivity index (χ1n) is 10.1. The SMILES string of the molecule is CCCCCCCCCCCCCCNCCCCCC.N. The highest BCUT2D eigenvalue weighted by Gasteiger charge is 1.94. The molecule has 0 bridgehead atoms. The summed E-state index contributed by atoms with van der Waals surface area (Å²) in [6.45, 7) is 7.05. The van der Waals surface area contributed by atoms with Crippen molar-refractivity contribution in [2.24, 2.45) is 0 Å². The van der Waals surface area contributed by atoms with Crippen molar-refractivity contribution in [2.45, 2.75) is 117 Å². The van der Waals surface area contributed by atoms with Crippen LogP contribution < -0.4 is 11.5 Å². The summed E-state index contributed by atoms with van der Waals surface area (Å²) in [6.07, 6.45) is 22.9. The lowest BCUT2D eigenvalue weighted by molar-refractivity contribution is 0.530. The Hall–Kier alpha value is -0.0800. The van der Waals surface area contributed by atoms with E-state index < -0.39 is 0 Å². The monoisotopic (exact) mass is 314 g/mol. The summed E-state index contributed by atoms with van der Waals surface area (Å²) in [6, 6.07) is 0. The van der Waals surface area contributed by atoms with Crippen LogP contribution in [0.25, 0.3) is 0 Å². The minimum absolute atomic E-state index is 0. The molecule has 0 radical (unpaired) electrons. The number of hydrogen-bond acceptors (Lipinski definition) is 2. The largest absolute Gasteiger partial charge is 0.344 e. The van der Waals surface area contributed by atoms with Crippen molar-refractivity contribution >= 4 is 0 Å². The van der Waals surface area contributed by atoms with Crippen LogP contribution in [0.3, 0.4) is 0 Å². The minimum atomic E-state index is 0. The van der Waals surface area contributed by atoms with Gasteiger partial charge in [-0.25, -0.2) is 0 Å². The summed E-state index contributed by atoms with van der Waals surface area (Å²) in [4.78, 5) is 0. The maximum atomic E-state index is 3.58. The molecule has 0 spiro atoms. The van der Waals surface area contributed by atoms with Gasteiger partial charge in [0.05, 0.1) is 0 Å². The van der Waals surface area contributed by atoms with Crippen LogP contribution in [0, 0.1) is 0 Å². The molecule has 0 aromatic rings. The zero-order valence-corrected chi connectivity index (χ0v) is 15.9. The summed E-state index contributed by atoms with van der Waals surface area (Å²) in [5.41, 5.74) is 0. The zero-order chi connectivity index (χ0) is 15.4. The van der Waals surface area contributed by atoms with E-state index in [0.29, 0.717) is 0 Å². The average molecular weight is 315 g/mol. The van der Waals surface area contributed by atoms with Crippen molar-refractivity contribution in [1.82, 2.24) is 11.5 Å². The Labute approximate surface area is 141 Å². The lowest BCUT2D eigenvalue weighted by atomic mass is 10.1. The molecule has 0 aromatic carbocycles. The molecule has 2 nitrogen and oxygen atoms in total. The van der Waals surface area contributed by atoms with Crippen molar-refractivity contribution in [2.75, 3.05) is 13.1 Å². The Morgan fingerprint density at radius 3 is 1.05 bits per heavy atom. The van der Waals surface area contributed by atoms with Crippen molar-refractivity contribution in [3.8, 4) is 0 Å². The molecule has 0 heterocycles. The van der Waals surface area contributed by atoms with E-state index in [1.165, 1.54) is 116 Å². The Morgan fingerprint density at radius 2 is 0.682 bits per heavy atom. The van der Waals surface area contributed by atoms with Crippen LogP contribution in [0.1, 0.15) is 117 Å². The summed E-state index contributed by atoms with van der Waals surface area (Å²) < 4.78 is 0. The van der Waals surface area contributed by atoms with Crippen molar-refractivity contribution in [1.29, 1.82) is 0 Å². The molecule has 0 rings (SSSR count). The second kappa shape index (κ2) is 23.2. The Bertz CT molecular complexity index is 153. The Morgan fingerprint density at radius 1 is 0.409 bits per heavy atom. The molecule has 0 saturated heterocycles. The van der Waals surface area contributed by atoms with Gasteiger partial charge >= 0.3 is 0 Å². The molecule has 0 atom stereocenters. The third kappa shape index (κ3) is 22.2. The van der Waals surface area contributed by atoms with Crippen LogP contribution in [-0.2, 0) is 0 Å². The van der Waals surface area contributed by atoms with Crippen molar-refractivity contribution in [3.63, 3.8) is 0 Å². The summed E-state index contributed by atoms with van der Waals surface area (Å²) in [5.74, 6) is 0. The van der Waals surface area contributed by atoms with Gasteiger partial charge in [0.2, 0.25) is 0 Å². The Balaban J connectivity index is 0. The van der Waals surface area contributed by atoms with E-state index in [1.807, 2.05) is 0 Å². The van der Waals surface area contributed by atoms with E-state index in [4.69, 9.17) is 0 Å². The van der Waals surface area contributed by atoms with Crippen molar-refractivity contribution < 1.29 is 0 Å². The second-order valence-electron chi connectivity index (χ2n) is 6.70. The van der Waals surface area contributed by atoms with Gasteiger partial charge in [-0.1, -0.05) is 104 Å². The third-order valence-corrected chi connectivity index (χ3v) is 4.41. The van der Waals surface area contributed by atoms with Gasteiger partial charge in [-0.3, -0.25) is 0 Å². The molecule has 0 unspecified atom stereocenters. The van der Waals surface area contributed by atoms with Gasteiger partial charge in [-0.05, 0) is 25.9 Å². The number of rotatable bonds is 18. The maximum Gasteiger partial charge on any atom is -0.00489 e. The maximum absolute atomic E-state index is 3.58. The molecule has 0 aliphatic rings. The molecule has 0 amide bonds. The molecule has 0 aromatic heterocycles. The van der Waals surface area contributed by atoms with E-state index in [9.17, 15) is 0 Å². The highest BCUT2D eigenvalue weighted by molar-refractivity contribution is 4.52. The fraction of sp³-hybridized carbons (Fsp3) is 1.00. The van der Waals surface area contributed by atoms with E-state index in [2.05, 4.69) is 19.2 Å². The highest BCUT2D eigenvalue weighted by atomic mass is 14.8. The molecule has 136 valence electrons. The topological polar surface area (TPSA) is 47.0 Å². The first-order valence-corrected chi connectivity index (χ1v) is 10.1. The molecular formula is C20H46N2. The van der Waals surface area contributed by atoms with Crippen LogP contribution >= 0.6 is 0 Å². The van der Waals surface area contributed by atoms with Gasteiger partial charge in [-0.2, -0.15) is 0 Å². The molecule has 0 aliphatic heterocycles. The normalized spacial score (nSPS) is 10.6. The molecule has 0 saturated carbocycles. The van der Waals surface area contributed by atoms with Crippen LogP contribution in [0.15, 0.2) is 0 Å². The highest BCUT2D eigenvalue weighted by Crippen LogP contribution is 2.11. The van der Waals surface area contributed by atoms with Crippen LogP contribution in [0.2, 0.25) is 0 Å². The molecular weight excluding hydrogens is 268 g/mol. The van der Waals surface area contributed by atoms with E-state index in [1.54, 1.807) is 0 Å². The zero-order valence-electron chi connectivity index (χ0n) is 15.9. The van der Waals surface area contributed by atoms with Crippen molar-refractivity contribution in [3.05, 3.63) is 0 Å². The van der Waals surface area contributed by atoms with Gasteiger partial charge in [0.15, 0.2) is 0 Å². The summed E-state index contributed by atoms with van der Waals surface area (Å²) in [5, 5.41) is 3.58. The smallest absolute Gasteiger partial charge is 0.00489 e. The first-order chi connectivity index (χ1) is 10.4. The molecule has 4 N–H and O–H groups in total. The predicted octanol–water partition coefficient (Wildman–Crippen LogP) is 7.02. The number of hydrogen-bond donors (Lipinski definition) is 2. The van der Waals surface area contributed by atoms with Crippen LogP contribution in [0.4, 0.5) is 0 Å². The van der Waals surface area contributed by atoms with E-state index >= 15 is 0 Å². The predicted molar refractivity (Wildman–Crippen MR) is 103 cm³/mol. The average Bonchev–Trinajstić information content (AvgIpc) is 2.50. The van der Waals surface area contributed by atoms with Crippen LogP contribution in [-0.4, -0.2) is 13.1 Å². The van der Waals surface area contributed by atoms with Gasteiger partial charge in [0, 0.05) is 0 Å². The molecule has 0 fully saturated rings. The standard InChI is InChI=1S/C20H43N.H3N/c1-3-5-7-9-10-11-12-13-14-15-16-18-20-21-19-17-8-6-4-2;/h21H,3-20H2,1-2H3;1H3. The molecule has 0 aliphatic carbocycles. The summed E-state index contributed by atoms with van der Waals surface area (Å²) >= 11 is 0. The molecule has 22 heavy (non-hydrogen) atoms. The minimum Gasteiger partial charge on any atom is -0.344 e. The third-order valence-electron chi connectivity index (χ3n) is 4.41. The fourth-order valence-electron chi connectivity index (χ4n) is 2.89. The van der Waals surface area contributed by atoms with E-state index in [0.717, 1.165) is 0 Å². The first kappa shape index (κ1) is 24.2. The summed E-state index contributed by atoms with van der Waals surface area (Å²) in [7, 11) is 0. The number of nitrogens with one attached hydrogen (secondary N) is 1. The van der Waals surface area contributed by atoms with Gasteiger partial charge < -0.3 is 11.5 Å². The second-order valence-corrected chi connectivity index (χ2v) is 6.70. The number of unbranched alkanes of at least 4 members (excludes halogenated alkanes) is 14. The Kier molecular flexibility index (Phi) is 25.5. The van der Waals surface area contributed by atoms with E-state index in [-0.39, 0.29) is 6.15 Å². The molecule has 2 heteroatoms.